The van der Waals surface area contributed by atoms with Gasteiger partial charge in [0.05, 0.1) is 29.9 Å². The monoisotopic (exact) mass is 370 g/mol. The summed E-state index contributed by atoms with van der Waals surface area (Å²) in [5, 5.41) is 14.3. The van der Waals surface area contributed by atoms with Crippen LogP contribution in [0.2, 0.25) is 0 Å². The summed E-state index contributed by atoms with van der Waals surface area (Å²) in [6, 6.07) is 0.125. The van der Waals surface area contributed by atoms with Gasteiger partial charge in [0.25, 0.3) is 5.91 Å². The number of amides is 1. The summed E-state index contributed by atoms with van der Waals surface area (Å²) < 4.78 is 8.11. The second-order valence-electron chi connectivity index (χ2n) is 6.58. The molecule has 0 saturated heterocycles. The molecular weight excluding hydrogens is 352 g/mol. The van der Waals surface area contributed by atoms with E-state index < -0.39 is 0 Å². The second-order valence-corrected chi connectivity index (χ2v) is 7.60. The molecule has 0 bridgehead atoms. The molecule has 0 aromatic carbocycles. The fourth-order valence-corrected chi connectivity index (χ4v) is 4.73. The van der Waals surface area contributed by atoms with Crippen LogP contribution in [0.3, 0.4) is 0 Å². The standard InChI is InChI=1S/C17H18N6O2S/c1-10-4-21-22(7-10)8-12-9-25-14-13-16(17(24)18-2-3-23(12)13)26-15(14)11-5-19-20-6-11/h4-7,12H,2-3,8-9H2,1H3,(H,18,24)(H,19,20)/t12-/m0/s1. The Balaban J connectivity index is 1.57. The van der Waals surface area contributed by atoms with E-state index in [0.717, 1.165) is 40.5 Å². The van der Waals surface area contributed by atoms with Crippen molar-refractivity contribution in [3.05, 3.63) is 35.2 Å². The molecule has 0 radical (unpaired) electrons. The van der Waals surface area contributed by atoms with Gasteiger partial charge in [-0.25, -0.2) is 0 Å². The van der Waals surface area contributed by atoms with Gasteiger partial charge in [0.1, 0.15) is 17.2 Å². The number of ether oxygens (including phenoxy) is 1. The fraction of sp³-hybridized carbons (Fsp3) is 0.353. The molecule has 0 spiro atoms. The molecule has 0 unspecified atom stereocenters. The number of aromatic nitrogens is 4. The normalized spacial score (nSPS) is 18.9. The number of hydrogen-bond donors (Lipinski definition) is 2. The van der Waals surface area contributed by atoms with Gasteiger partial charge < -0.3 is 15.0 Å². The lowest BCUT2D eigenvalue weighted by Gasteiger charge is -2.37. The van der Waals surface area contributed by atoms with Crippen LogP contribution in [0, 0.1) is 6.92 Å². The van der Waals surface area contributed by atoms with Crippen LogP contribution in [0.5, 0.6) is 5.75 Å². The van der Waals surface area contributed by atoms with Crippen LogP contribution in [0.25, 0.3) is 10.4 Å². The minimum Gasteiger partial charge on any atom is -0.488 e. The molecule has 3 aromatic heterocycles. The Hall–Kier alpha value is -2.81. The highest BCUT2D eigenvalue weighted by Crippen LogP contribution is 2.50. The third-order valence-corrected chi connectivity index (χ3v) is 5.96. The van der Waals surface area contributed by atoms with E-state index >= 15 is 0 Å². The molecule has 0 aliphatic carbocycles. The van der Waals surface area contributed by atoms with Crippen LogP contribution < -0.4 is 15.0 Å². The Morgan fingerprint density at radius 3 is 3.08 bits per heavy atom. The second kappa shape index (κ2) is 5.87. The highest BCUT2D eigenvalue weighted by Gasteiger charge is 2.38. The van der Waals surface area contributed by atoms with E-state index in [2.05, 4.69) is 25.5 Å². The molecule has 9 heteroatoms. The van der Waals surface area contributed by atoms with Crippen molar-refractivity contribution in [2.24, 2.45) is 0 Å². The smallest absolute Gasteiger partial charge is 0.263 e. The third kappa shape index (κ3) is 2.38. The van der Waals surface area contributed by atoms with Crippen LogP contribution in [0.15, 0.2) is 24.8 Å². The molecule has 5 rings (SSSR count). The number of carbonyl (C=O) groups excluding carboxylic acids is 1. The van der Waals surface area contributed by atoms with Crippen LogP contribution in [0.4, 0.5) is 5.69 Å². The number of aryl methyl sites for hydroxylation is 1. The molecule has 0 saturated carbocycles. The molecule has 26 heavy (non-hydrogen) atoms. The minimum absolute atomic E-state index is 0.0392. The Kier molecular flexibility index (Phi) is 3.49. The third-order valence-electron chi connectivity index (χ3n) is 4.75. The van der Waals surface area contributed by atoms with Crippen LogP contribution >= 0.6 is 11.3 Å². The average molecular weight is 370 g/mol. The zero-order valence-corrected chi connectivity index (χ0v) is 15.0. The number of rotatable bonds is 3. The van der Waals surface area contributed by atoms with Crippen molar-refractivity contribution in [3.8, 4) is 16.2 Å². The zero-order valence-electron chi connectivity index (χ0n) is 14.2. The number of anilines is 1. The first kappa shape index (κ1) is 15.4. The largest absolute Gasteiger partial charge is 0.488 e. The van der Waals surface area contributed by atoms with Crippen LogP contribution in [-0.4, -0.2) is 51.6 Å². The summed E-state index contributed by atoms with van der Waals surface area (Å²) in [4.78, 5) is 16.5. The van der Waals surface area contributed by atoms with Gasteiger partial charge in [-0.15, -0.1) is 11.3 Å². The molecular formula is C17H18N6O2S. The number of carbonyl (C=O) groups is 1. The lowest BCUT2D eigenvalue weighted by Crippen LogP contribution is -2.47. The number of nitrogens with zero attached hydrogens (tertiary/aromatic N) is 4. The van der Waals surface area contributed by atoms with Gasteiger partial charge in [0, 0.05) is 31.0 Å². The SMILES string of the molecule is Cc1cnn(C[C@H]2COc3c(-c4cn[nH]c4)sc4c3N2CCNC4=O)c1. The number of aromatic amines is 1. The number of hydrogen-bond acceptors (Lipinski definition) is 6. The molecule has 2 aliphatic heterocycles. The Labute approximate surface area is 153 Å². The highest BCUT2D eigenvalue weighted by atomic mass is 32.1. The maximum atomic E-state index is 12.6. The fourth-order valence-electron chi connectivity index (χ4n) is 3.57. The van der Waals surface area contributed by atoms with Crippen molar-refractivity contribution in [1.29, 1.82) is 0 Å². The lowest BCUT2D eigenvalue weighted by molar-refractivity contribution is 0.0961. The van der Waals surface area contributed by atoms with Crippen molar-refractivity contribution in [1.82, 2.24) is 25.3 Å². The summed E-state index contributed by atoms with van der Waals surface area (Å²) >= 11 is 1.46. The van der Waals surface area contributed by atoms with Crippen molar-refractivity contribution in [3.63, 3.8) is 0 Å². The van der Waals surface area contributed by atoms with E-state index in [0.29, 0.717) is 18.0 Å². The molecule has 0 fully saturated rings. The molecule has 8 nitrogen and oxygen atoms in total. The first-order chi connectivity index (χ1) is 12.7. The quantitative estimate of drug-likeness (QED) is 0.732. The maximum absolute atomic E-state index is 12.6. The minimum atomic E-state index is -0.0392. The van der Waals surface area contributed by atoms with Crippen molar-refractivity contribution in [2.45, 2.75) is 19.5 Å². The van der Waals surface area contributed by atoms with E-state index in [1.54, 1.807) is 6.20 Å². The van der Waals surface area contributed by atoms with Crippen LogP contribution in [-0.2, 0) is 6.54 Å². The molecule has 2 N–H and O–H groups in total. The van der Waals surface area contributed by atoms with E-state index in [9.17, 15) is 4.79 Å². The predicted octanol–water partition coefficient (Wildman–Crippen LogP) is 1.65. The average Bonchev–Trinajstić information content (AvgIpc) is 3.33. The zero-order chi connectivity index (χ0) is 17.7. The first-order valence-electron chi connectivity index (χ1n) is 8.53. The maximum Gasteiger partial charge on any atom is 0.263 e. The molecule has 134 valence electrons. The Morgan fingerprint density at radius 1 is 1.38 bits per heavy atom. The number of nitrogens with one attached hydrogen (secondary N) is 2. The lowest BCUT2D eigenvalue weighted by atomic mass is 10.1. The summed E-state index contributed by atoms with van der Waals surface area (Å²) in [6.07, 6.45) is 7.47. The molecule has 5 heterocycles. The first-order valence-corrected chi connectivity index (χ1v) is 9.35. The molecule has 3 aromatic rings. The predicted molar refractivity (Wildman–Crippen MR) is 97.8 cm³/mol. The van der Waals surface area contributed by atoms with Crippen molar-refractivity contribution < 1.29 is 9.53 Å². The Morgan fingerprint density at radius 2 is 2.31 bits per heavy atom. The van der Waals surface area contributed by atoms with Gasteiger partial charge in [0.2, 0.25) is 0 Å². The summed E-state index contributed by atoms with van der Waals surface area (Å²) in [7, 11) is 0. The number of thiophene rings is 1. The van der Waals surface area contributed by atoms with Gasteiger partial charge >= 0.3 is 0 Å². The summed E-state index contributed by atoms with van der Waals surface area (Å²) in [5.41, 5.74) is 2.97. The summed E-state index contributed by atoms with van der Waals surface area (Å²) in [6.45, 7) is 4.68. The summed E-state index contributed by atoms with van der Waals surface area (Å²) in [5.74, 6) is 0.749. The van der Waals surface area contributed by atoms with E-state index in [1.165, 1.54) is 11.3 Å². The molecule has 1 atom stereocenters. The van der Waals surface area contributed by atoms with Gasteiger partial charge in [-0.05, 0) is 12.5 Å². The van der Waals surface area contributed by atoms with Gasteiger partial charge in [-0.2, -0.15) is 10.2 Å². The topological polar surface area (TPSA) is 88.1 Å². The van der Waals surface area contributed by atoms with Gasteiger partial charge in [-0.1, -0.05) is 0 Å². The van der Waals surface area contributed by atoms with E-state index in [-0.39, 0.29) is 11.9 Å². The van der Waals surface area contributed by atoms with Crippen LogP contribution in [0.1, 0.15) is 15.2 Å². The number of H-pyrrole nitrogens is 1. The van der Waals surface area contributed by atoms with E-state index in [1.807, 2.05) is 30.2 Å². The van der Waals surface area contributed by atoms with E-state index in [4.69, 9.17) is 4.74 Å². The molecule has 1 amide bonds. The molecule has 2 aliphatic rings. The highest BCUT2D eigenvalue weighted by molar-refractivity contribution is 7.18. The van der Waals surface area contributed by atoms with Crippen molar-refractivity contribution >= 4 is 22.9 Å². The van der Waals surface area contributed by atoms with Gasteiger partial charge in [-0.3, -0.25) is 14.6 Å². The van der Waals surface area contributed by atoms with Gasteiger partial charge in [0.15, 0.2) is 5.75 Å². The van der Waals surface area contributed by atoms with Crippen molar-refractivity contribution in [2.75, 3.05) is 24.6 Å². The Bertz CT molecular complexity index is 960.